The van der Waals surface area contributed by atoms with Crippen LogP contribution in [0.3, 0.4) is 0 Å². The molecule has 3 rings (SSSR count). The van der Waals surface area contributed by atoms with E-state index in [1.165, 1.54) is 22.3 Å². The van der Waals surface area contributed by atoms with E-state index in [-0.39, 0.29) is 10.5 Å². The highest BCUT2D eigenvalue weighted by Crippen LogP contribution is 2.70. The molecule has 0 saturated heterocycles. The fraction of sp³-hybridized carbons (Fsp3) is 0.542. The number of Topliss-reactive ketones (excluding diaryl/α,β-unsaturated/α-hetero) is 1. The predicted molar refractivity (Wildman–Crippen MR) is 114 cm³/mol. The van der Waals surface area contributed by atoms with E-state index in [0.717, 1.165) is 31.2 Å². The zero-order chi connectivity index (χ0) is 19.3. The molecule has 0 fully saturated rings. The number of fused-ring (bicyclic) bond motifs is 1. The van der Waals surface area contributed by atoms with Gasteiger partial charge in [0.1, 0.15) is 0 Å². The van der Waals surface area contributed by atoms with E-state index in [0.29, 0.717) is 5.78 Å². The smallest absolute Gasteiger partial charge is 0.169 e. The number of ketones is 1. The van der Waals surface area contributed by atoms with Gasteiger partial charge in [0.05, 0.1) is 8.07 Å². The quantitative estimate of drug-likeness (QED) is 0.314. The highest BCUT2D eigenvalue weighted by molar-refractivity contribution is 6.79. The Morgan fingerprint density at radius 1 is 0.769 bits per heavy atom. The summed E-state index contributed by atoms with van der Waals surface area (Å²) in [4.78, 5) is 14.1. The minimum absolute atomic E-state index is 0.111. The van der Waals surface area contributed by atoms with Crippen LogP contribution in [0.5, 0.6) is 0 Å². The van der Waals surface area contributed by atoms with Crippen molar-refractivity contribution < 1.29 is 4.79 Å². The zero-order valence-corrected chi connectivity index (χ0v) is 18.6. The Balaban J connectivity index is 2.30. The zero-order valence-electron chi connectivity index (χ0n) is 17.6. The van der Waals surface area contributed by atoms with Crippen LogP contribution in [-0.4, -0.2) is 13.9 Å². The molecule has 0 radical (unpaired) electrons. The molecule has 0 unspecified atom stereocenters. The third-order valence-corrected chi connectivity index (χ3v) is 11.3. The van der Waals surface area contributed by atoms with Gasteiger partial charge >= 0.3 is 0 Å². The molecule has 2 heteroatoms. The van der Waals surface area contributed by atoms with E-state index < -0.39 is 8.07 Å². The molecule has 2 aliphatic carbocycles. The summed E-state index contributed by atoms with van der Waals surface area (Å²) in [5.41, 5.74) is 6.56. The second-order valence-corrected chi connectivity index (χ2v) is 15.4. The Bertz CT molecular complexity index is 759. The molecule has 0 amide bonds. The fourth-order valence-corrected chi connectivity index (χ4v) is 9.02. The first-order chi connectivity index (χ1) is 12.0. The number of carbonyl (C=O) groups excluding carboxylic acids is 1. The molecule has 0 bridgehead atoms. The van der Waals surface area contributed by atoms with Crippen molar-refractivity contribution in [2.24, 2.45) is 5.41 Å². The standard InChI is InChI=1S/C24H34OSi/c1-17-13-23(22(25)21-11-9-8-10-12-21)14-18(2)20(4)16-24(23,15-19(17)3)26(5,6)7/h8-12H,13-16H2,1-7H3. The molecule has 1 aromatic carbocycles. The van der Waals surface area contributed by atoms with Crippen molar-refractivity contribution in [1.29, 1.82) is 0 Å². The third kappa shape index (κ3) is 2.69. The molecular formula is C24H34OSi. The van der Waals surface area contributed by atoms with E-state index in [1.807, 2.05) is 30.3 Å². The van der Waals surface area contributed by atoms with Crippen molar-refractivity contribution in [3.8, 4) is 0 Å². The predicted octanol–water partition coefficient (Wildman–Crippen LogP) is 7.19. The monoisotopic (exact) mass is 366 g/mol. The van der Waals surface area contributed by atoms with Crippen LogP contribution < -0.4 is 0 Å². The first-order valence-corrected chi connectivity index (χ1v) is 13.4. The largest absolute Gasteiger partial charge is 0.294 e. The van der Waals surface area contributed by atoms with E-state index in [9.17, 15) is 4.79 Å². The van der Waals surface area contributed by atoms with Crippen molar-refractivity contribution in [3.63, 3.8) is 0 Å². The van der Waals surface area contributed by atoms with Crippen LogP contribution in [0.25, 0.3) is 0 Å². The summed E-state index contributed by atoms with van der Waals surface area (Å²) in [6, 6.07) is 10.1. The molecule has 0 spiro atoms. The van der Waals surface area contributed by atoms with E-state index >= 15 is 0 Å². The Morgan fingerprint density at radius 3 is 1.62 bits per heavy atom. The summed E-state index contributed by atoms with van der Waals surface area (Å²) in [7, 11) is -1.64. The van der Waals surface area contributed by atoms with Crippen LogP contribution in [0.15, 0.2) is 52.6 Å². The van der Waals surface area contributed by atoms with Gasteiger partial charge in [0.15, 0.2) is 5.78 Å². The topological polar surface area (TPSA) is 17.1 Å². The minimum Gasteiger partial charge on any atom is -0.294 e. The third-order valence-electron chi connectivity index (χ3n) is 7.55. The van der Waals surface area contributed by atoms with Gasteiger partial charge < -0.3 is 0 Å². The van der Waals surface area contributed by atoms with Crippen molar-refractivity contribution in [2.45, 2.75) is 78.1 Å². The molecule has 0 N–H and O–H groups in total. The van der Waals surface area contributed by atoms with E-state index in [4.69, 9.17) is 0 Å². The average Bonchev–Trinajstić information content (AvgIpc) is 2.57. The lowest BCUT2D eigenvalue weighted by molar-refractivity contribution is 0.0623. The van der Waals surface area contributed by atoms with Crippen molar-refractivity contribution in [3.05, 3.63) is 58.2 Å². The molecule has 26 heavy (non-hydrogen) atoms. The van der Waals surface area contributed by atoms with E-state index in [2.05, 4.69) is 47.3 Å². The summed E-state index contributed by atoms with van der Waals surface area (Å²) in [6.07, 6.45) is 4.05. The highest BCUT2D eigenvalue weighted by atomic mass is 28.3. The lowest BCUT2D eigenvalue weighted by Gasteiger charge is -2.62. The van der Waals surface area contributed by atoms with Crippen LogP contribution in [-0.2, 0) is 0 Å². The number of hydrogen-bond acceptors (Lipinski definition) is 1. The molecule has 2 aliphatic rings. The molecule has 0 aromatic heterocycles. The van der Waals surface area contributed by atoms with Crippen molar-refractivity contribution in [2.75, 3.05) is 0 Å². The van der Waals surface area contributed by atoms with Crippen LogP contribution in [0, 0.1) is 5.41 Å². The van der Waals surface area contributed by atoms with Gasteiger partial charge in [0.2, 0.25) is 0 Å². The van der Waals surface area contributed by atoms with Gasteiger partial charge in [-0.2, -0.15) is 0 Å². The molecule has 1 nitrogen and oxygen atoms in total. The van der Waals surface area contributed by atoms with Gasteiger partial charge in [0.25, 0.3) is 0 Å². The number of allylic oxidation sites excluding steroid dienone is 4. The molecular weight excluding hydrogens is 332 g/mol. The lowest BCUT2D eigenvalue weighted by Crippen LogP contribution is -2.58. The Morgan fingerprint density at radius 2 is 1.19 bits per heavy atom. The fourth-order valence-electron chi connectivity index (χ4n) is 5.71. The van der Waals surface area contributed by atoms with Crippen LogP contribution >= 0.6 is 0 Å². The number of carbonyl (C=O) groups is 1. The minimum atomic E-state index is -1.64. The van der Waals surface area contributed by atoms with Gasteiger partial charge in [-0.3, -0.25) is 4.79 Å². The van der Waals surface area contributed by atoms with Gasteiger partial charge in [0, 0.05) is 11.0 Å². The first-order valence-electron chi connectivity index (χ1n) is 9.94. The summed E-state index contributed by atoms with van der Waals surface area (Å²) in [5.74, 6) is 0.388. The summed E-state index contributed by atoms with van der Waals surface area (Å²) >= 11 is 0. The summed E-state index contributed by atoms with van der Waals surface area (Å²) in [6.45, 7) is 16.6. The molecule has 0 aliphatic heterocycles. The number of hydrogen-bond donors (Lipinski definition) is 0. The first kappa shape index (κ1) is 19.4. The maximum atomic E-state index is 14.1. The Labute approximate surface area is 160 Å². The SMILES string of the molecule is CC1=C(C)CC2([Si](C)(C)C)CC(C)=C(C)CC2(C(=O)c2ccccc2)C1. The molecule has 140 valence electrons. The van der Waals surface area contributed by atoms with Gasteiger partial charge in [-0.05, 0) is 58.4 Å². The number of rotatable bonds is 3. The Kier molecular flexibility index (Phi) is 4.71. The average molecular weight is 367 g/mol. The second kappa shape index (κ2) is 6.33. The summed E-state index contributed by atoms with van der Waals surface area (Å²) in [5, 5.41) is 0.111. The van der Waals surface area contributed by atoms with Crippen molar-refractivity contribution >= 4 is 13.9 Å². The van der Waals surface area contributed by atoms with E-state index in [1.54, 1.807) is 0 Å². The summed E-state index contributed by atoms with van der Waals surface area (Å²) < 4.78 is 0. The molecule has 0 atom stereocenters. The maximum Gasteiger partial charge on any atom is 0.169 e. The molecule has 0 saturated carbocycles. The normalized spacial score (nSPS) is 29.7. The maximum absolute atomic E-state index is 14.1. The van der Waals surface area contributed by atoms with Crippen LogP contribution in [0.1, 0.15) is 63.7 Å². The molecule has 0 heterocycles. The lowest BCUT2D eigenvalue weighted by atomic mass is 9.54. The highest BCUT2D eigenvalue weighted by Gasteiger charge is 2.64. The number of benzene rings is 1. The van der Waals surface area contributed by atoms with Crippen LogP contribution in [0.4, 0.5) is 0 Å². The van der Waals surface area contributed by atoms with Crippen molar-refractivity contribution in [1.82, 2.24) is 0 Å². The van der Waals surface area contributed by atoms with Gasteiger partial charge in [-0.1, -0.05) is 72.3 Å². The second-order valence-electron chi connectivity index (χ2n) is 9.94. The van der Waals surface area contributed by atoms with Gasteiger partial charge in [-0.15, -0.1) is 0 Å². The van der Waals surface area contributed by atoms with Gasteiger partial charge in [-0.25, -0.2) is 0 Å². The Hall–Kier alpha value is -1.41. The van der Waals surface area contributed by atoms with Crippen LogP contribution in [0.2, 0.25) is 24.7 Å². The molecule has 1 aromatic rings.